The van der Waals surface area contributed by atoms with E-state index < -0.39 is 0 Å². The van der Waals surface area contributed by atoms with Crippen LogP contribution in [0.2, 0.25) is 0 Å². The zero-order valence-electron chi connectivity index (χ0n) is 15.2. The fraction of sp³-hybridized carbons (Fsp3) is 0.381. The average molecular weight is 337 g/mol. The first-order valence-corrected chi connectivity index (χ1v) is 9.02. The zero-order chi connectivity index (χ0) is 17.6. The van der Waals surface area contributed by atoms with E-state index in [0.29, 0.717) is 13.0 Å². The molecular formula is C21H27N3O. The number of piperazine rings is 1. The van der Waals surface area contributed by atoms with Gasteiger partial charge in [-0.3, -0.25) is 4.79 Å². The molecule has 0 aromatic heterocycles. The number of rotatable bonds is 5. The third-order valence-electron chi connectivity index (χ3n) is 4.64. The number of carbonyl (C=O) groups is 1. The van der Waals surface area contributed by atoms with Crippen LogP contribution in [0.3, 0.4) is 0 Å². The van der Waals surface area contributed by atoms with Gasteiger partial charge in [0.05, 0.1) is 0 Å². The maximum absolute atomic E-state index is 12.4. The van der Waals surface area contributed by atoms with E-state index in [2.05, 4.69) is 66.5 Å². The highest BCUT2D eigenvalue weighted by Gasteiger charge is 2.20. The van der Waals surface area contributed by atoms with E-state index in [1.165, 1.54) is 16.8 Å². The molecule has 25 heavy (non-hydrogen) atoms. The minimum absolute atomic E-state index is 0.240. The summed E-state index contributed by atoms with van der Waals surface area (Å²) in [6.07, 6.45) is 0.540. The van der Waals surface area contributed by atoms with E-state index in [1.807, 2.05) is 11.0 Å². The summed E-state index contributed by atoms with van der Waals surface area (Å²) in [5.41, 5.74) is 4.82. The average Bonchev–Trinajstić information content (AvgIpc) is 2.62. The Hall–Kier alpha value is -2.49. The molecule has 3 rings (SSSR count). The van der Waals surface area contributed by atoms with Crippen molar-refractivity contribution in [3.05, 3.63) is 59.7 Å². The van der Waals surface area contributed by atoms with Crippen LogP contribution in [0.5, 0.6) is 0 Å². The van der Waals surface area contributed by atoms with E-state index in [0.717, 1.165) is 31.9 Å². The molecule has 0 saturated carbocycles. The third-order valence-corrected chi connectivity index (χ3v) is 4.64. The molecule has 0 radical (unpaired) electrons. The molecule has 2 aromatic carbocycles. The summed E-state index contributed by atoms with van der Waals surface area (Å²) in [5.74, 6) is 0.240. The Morgan fingerprint density at radius 1 is 0.960 bits per heavy atom. The van der Waals surface area contributed by atoms with Gasteiger partial charge in [0.15, 0.2) is 0 Å². The van der Waals surface area contributed by atoms with E-state index in [4.69, 9.17) is 0 Å². The van der Waals surface area contributed by atoms with Gasteiger partial charge in [-0.2, -0.15) is 0 Å². The van der Waals surface area contributed by atoms with Gasteiger partial charge in [-0.1, -0.05) is 24.3 Å². The Morgan fingerprint density at radius 2 is 1.60 bits per heavy atom. The number of hydrogen-bond acceptors (Lipinski definition) is 3. The fourth-order valence-electron chi connectivity index (χ4n) is 3.40. The molecule has 0 bridgehead atoms. The van der Waals surface area contributed by atoms with Gasteiger partial charge in [-0.25, -0.2) is 0 Å². The molecule has 0 atom stereocenters. The summed E-state index contributed by atoms with van der Waals surface area (Å²) in [5, 5.41) is 3.37. The van der Waals surface area contributed by atoms with Crippen LogP contribution in [0.25, 0.3) is 0 Å². The van der Waals surface area contributed by atoms with Gasteiger partial charge >= 0.3 is 0 Å². The summed E-state index contributed by atoms with van der Waals surface area (Å²) in [7, 11) is 0. The largest absolute Gasteiger partial charge is 0.385 e. The molecule has 0 spiro atoms. The number of nitrogens with zero attached hydrogens (tertiary/aromatic N) is 2. The van der Waals surface area contributed by atoms with Crippen LogP contribution < -0.4 is 10.2 Å². The minimum atomic E-state index is 0.240. The van der Waals surface area contributed by atoms with Gasteiger partial charge in [-0.15, -0.1) is 0 Å². The Morgan fingerprint density at radius 3 is 2.24 bits per heavy atom. The molecule has 1 amide bonds. The van der Waals surface area contributed by atoms with Crippen molar-refractivity contribution < 1.29 is 4.79 Å². The number of benzene rings is 2. The van der Waals surface area contributed by atoms with E-state index >= 15 is 0 Å². The molecule has 1 aliphatic heterocycles. The van der Waals surface area contributed by atoms with Crippen molar-refractivity contribution in [2.45, 2.75) is 20.3 Å². The van der Waals surface area contributed by atoms with Gasteiger partial charge in [0.2, 0.25) is 5.91 Å². The number of anilines is 2. The van der Waals surface area contributed by atoms with Crippen LogP contribution in [0.1, 0.15) is 17.5 Å². The van der Waals surface area contributed by atoms with Crippen LogP contribution in [-0.2, 0) is 4.79 Å². The lowest BCUT2D eigenvalue weighted by Crippen LogP contribution is -2.49. The second-order valence-corrected chi connectivity index (χ2v) is 6.76. The lowest BCUT2D eigenvalue weighted by atomic mass is 10.1. The molecule has 2 aromatic rings. The molecule has 1 heterocycles. The molecule has 1 fully saturated rings. The van der Waals surface area contributed by atoms with E-state index in [-0.39, 0.29) is 5.91 Å². The van der Waals surface area contributed by atoms with Crippen molar-refractivity contribution in [3.63, 3.8) is 0 Å². The Labute approximate surface area is 150 Å². The molecule has 4 nitrogen and oxygen atoms in total. The summed E-state index contributed by atoms with van der Waals surface area (Å²) >= 11 is 0. The first-order chi connectivity index (χ1) is 12.1. The molecule has 0 unspecified atom stereocenters. The zero-order valence-corrected chi connectivity index (χ0v) is 15.2. The fourth-order valence-corrected chi connectivity index (χ4v) is 3.40. The molecule has 0 aliphatic carbocycles. The lowest BCUT2D eigenvalue weighted by Gasteiger charge is -2.36. The predicted molar refractivity (Wildman–Crippen MR) is 104 cm³/mol. The van der Waals surface area contributed by atoms with E-state index in [9.17, 15) is 4.79 Å². The third kappa shape index (κ3) is 4.75. The van der Waals surface area contributed by atoms with Gasteiger partial charge in [0.25, 0.3) is 0 Å². The van der Waals surface area contributed by atoms with Crippen LogP contribution >= 0.6 is 0 Å². The number of para-hydroxylation sites is 1. The van der Waals surface area contributed by atoms with Crippen LogP contribution in [0.15, 0.2) is 48.5 Å². The minimum Gasteiger partial charge on any atom is -0.385 e. The van der Waals surface area contributed by atoms with Crippen molar-refractivity contribution in [2.24, 2.45) is 0 Å². The number of nitrogens with one attached hydrogen (secondary N) is 1. The van der Waals surface area contributed by atoms with Crippen molar-refractivity contribution in [1.82, 2.24) is 4.90 Å². The maximum atomic E-state index is 12.4. The van der Waals surface area contributed by atoms with E-state index in [1.54, 1.807) is 0 Å². The quantitative estimate of drug-likeness (QED) is 0.908. The normalized spacial score (nSPS) is 14.5. The molecule has 1 aliphatic rings. The SMILES string of the molecule is Cc1cc(C)cc(NCCC(=O)N2CCN(c3ccccc3)CC2)c1. The highest BCUT2D eigenvalue weighted by atomic mass is 16.2. The number of aryl methyl sites for hydroxylation is 2. The van der Waals surface area contributed by atoms with Crippen LogP contribution in [0, 0.1) is 13.8 Å². The number of hydrogen-bond donors (Lipinski definition) is 1. The van der Waals surface area contributed by atoms with Crippen LogP contribution in [-0.4, -0.2) is 43.5 Å². The first kappa shape index (κ1) is 17.3. The molecule has 132 valence electrons. The lowest BCUT2D eigenvalue weighted by molar-refractivity contribution is -0.131. The van der Waals surface area contributed by atoms with Crippen molar-refractivity contribution >= 4 is 17.3 Å². The van der Waals surface area contributed by atoms with Crippen molar-refractivity contribution in [3.8, 4) is 0 Å². The maximum Gasteiger partial charge on any atom is 0.224 e. The summed E-state index contributed by atoms with van der Waals surface area (Å²) in [6.45, 7) is 8.28. The highest BCUT2D eigenvalue weighted by Crippen LogP contribution is 2.16. The molecule has 1 N–H and O–H groups in total. The first-order valence-electron chi connectivity index (χ1n) is 9.02. The van der Waals surface area contributed by atoms with Crippen molar-refractivity contribution in [1.29, 1.82) is 0 Å². The Kier molecular flexibility index (Phi) is 5.59. The topological polar surface area (TPSA) is 35.6 Å². The number of carbonyl (C=O) groups excluding carboxylic acids is 1. The van der Waals surface area contributed by atoms with Gasteiger partial charge in [0, 0.05) is 50.5 Å². The monoisotopic (exact) mass is 337 g/mol. The Balaban J connectivity index is 1.43. The summed E-state index contributed by atoms with van der Waals surface area (Å²) in [6, 6.07) is 16.8. The smallest absolute Gasteiger partial charge is 0.224 e. The molecule has 1 saturated heterocycles. The predicted octanol–water partition coefficient (Wildman–Crippen LogP) is 3.45. The summed E-state index contributed by atoms with van der Waals surface area (Å²) < 4.78 is 0. The van der Waals surface area contributed by atoms with Crippen LogP contribution in [0.4, 0.5) is 11.4 Å². The number of amides is 1. The Bertz CT molecular complexity index is 686. The van der Waals surface area contributed by atoms with Crippen molar-refractivity contribution in [2.75, 3.05) is 42.9 Å². The van der Waals surface area contributed by atoms with Gasteiger partial charge in [-0.05, 0) is 49.2 Å². The molecular weight excluding hydrogens is 310 g/mol. The van der Waals surface area contributed by atoms with Gasteiger partial charge < -0.3 is 15.1 Å². The highest BCUT2D eigenvalue weighted by molar-refractivity contribution is 5.77. The molecule has 4 heteroatoms. The van der Waals surface area contributed by atoms with Gasteiger partial charge in [0.1, 0.15) is 0 Å². The second-order valence-electron chi connectivity index (χ2n) is 6.76. The summed E-state index contributed by atoms with van der Waals surface area (Å²) in [4.78, 5) is 16.8. The second kappa shape index (κ2) is 8.06. The standard InChI is InChI=1S/C21H27N3O/c1-17-14-18(2)16-19(15-17)22-9-8-21(25)24-12-10-23(11-13-24)20-6-4-3-5-7-20/h3-7,14-16,22H,8-13H2,1-2H3.